The molecule has 1 aliphatic heterocycles. The van der Waals surface area contributed by atoms with Crippen molar-refractivity contribution in [1.82, 2.24) is 5.01 Å². The summed E-state index contributed by atoms with van der Waals surface area (Å²) in [7, 11) is 1.85. The number of allylic oxidation sites excluding steroid dienone is 3. The summed E-state index contributed by atoms with van der Waals surface area (Å²) in [6.45, 7) is 0. The lowest BCUT2D eigenvalue weighted by molar-refractivity contribution is 0.494. The maximum absolute atomic E-state index is 5.43. The highest BCUT2D eigenvalue weighted by Crippen LogP contribution is 1.92. The van der Waals surface area contributed by atoms with Crippen molar-refractivity contribution >= 4 is 6.21 Å². The smallest absolute Gasteiger partial charge is 0.0703 e. The minimum atomic E-state index is 0.676. The van der Waals surface area contributed by atoms with E-state index in [1.165, 1.54) is 0 Å². The number of hydrazone groups is 1. The lowest BCUT2D eigenvalue weighted by atomic mass is 10.4. The first kappa shape index (κ1) is 5.88. The van der Waals surface area contributed by atoms with Crippen LogP contribution in [0.3, 0.4) is 0 Å². The van der Waals surface area contributed by atoms with Crippen LogP contribution in [0.4, 0.5) is 0 Å². The molecule has 1 heterocycles. The van der Waals surface area contributed by atoms with E-state index >= 15 is 0 Å². The molecular weight excluding hydrogens is 114 g/mol. The molecule has 0 amide bonds. The number of nitrogens with two attached hydrogens (primary N) is 1. The minimum Gasteiger partial charge on any atom is -0.397 e. The van der Waals surface area contributed by atoms with Crippen LogP contribution >= 0.6 is 0 Å². The van der Waals surface area contributed by atoms with E-state index in [-0.39, 0.29) is 0 Å². The van der Waals surface area contributed by atoms with Crippen LogP contribution in [0.15, 0.2) is 29.2 Å². The quantitative estimate of drug-likeness (QED) is 0.502. The van der Waals surface area contributed by atoms with Gasteiger partial charge in [-0.05, 0) is 12.2 Å². The van der Waals surface area contributed by atoms with Crippen LogP contribution in [-0.2, 0) is 0 Å². The number of rotatable bonds is 0. The first-order valence-electron chi connectivity index (χ1n) is 2.70. The van der Waals surface area contributed by atoms with Crippen LogP contribution in [0.1, 0.15) is 0 Å². The molecule has 0 atom stereocenters. The second-order valence-electron chi connectivity index (χ2n) is 1.83. The molecule has 0 radical (unpaired) electrons. The van der Waals surface area contributed by atoms with E-state index in [2.05, 4.69) is 5.10 Å². The van der Waals surface area contributed by atoms with E-state index in [0.717, 1.165) is 0 Å². The zero-order valence-corrected chi connectivity index (χ0v) is 5.28. The van der Waals surface area contributed by atoms with Gasteiger partial charge in [0.1, 0.15) is 0 Å². The highest BCUT2D eigenvalue weighted by atomic mass is 15.4. The fourth-order valence-electron chi connectivity index (χ4n) is 0.518. The predicted octanol–water partition coefficient (Wildman–Crippen LogP) is 0.274. The Morgan fingerprint density at radius 2 is 2.44 bits per heavy atom. The SMILES string of the molecule is CN1C=CC=C(N)C=N1. The highest BCUT2D eigenvalue weighted by molar-refractivity contribution is 5.77. The van der Waals surface area contributed by atoms with E-state index < -0.39 is 0 Å². The van der Waals surface area contributed by atoms with Crippen LogP contribution in [0.25, 0.3) is 0 Å². The van der Waals surface area contributed by atoms with Crippen LogP contribution in [0.5, 0.6) is 0 Å². The Morgan fingerprint density at radius 1 is 1.67 bits per heavy atom. The molecule has 48 valence electrons. The number of nitrogens with zero attached hydrogens (tertiary/aromatic N) is 2. The Bertz CT molecular complexity index is 179. The monoisotopic (exact) mass is 123 g/mol. The highest BCUT2D eigenvalue weighted by Gasteiger charge is 1.87. The van der Waals surface area contributed by atoms with E-state index in [1.54, 1.807) is 17.3 Å². The van der Waals surface area contributed by atoms with Crippen molar-refractivity contribution in [2.45, 2.75) is 0 Å². The maximum atomic E-state index is 5.43. The molecule has 0 aromatic heterocycles. The third-order valence-corrected chi connectivity index (χ3v) is 0.979. The molecule has 3 nitrogen and oxygen atoms in total. The molecule has 0 saturated carbocycles. The average Bonchev–Trinajstić information content (AvgIpc) is 1.97. The Balaban J connectivity index is 2.75. The topological polar surface area (TPSA) is 41.6 Å². The van der Waals surface area contributed by atoms with Crippen LogP contribution in [0, 0.1) is 0 Å². The minimum absolute atomic E-state index is 0.676. The zero-order valence-electron chi connectivity index (χ0n) is 5.28. The molecular formula is C6H9N3. The largest absolute Gasteiger partial charge is 0.397 e. The van der Waals surface area contributed by atoms with E-state index in [9.17, 15) is 0 Å². The third kappa shape index (κ3) is 1.60. The Hall–Kier alpha value is -1.25. The summed E-state index contributed by atoms with van der Waals surface area (Å²) in [5.41, 5.74) is 6.11. The van der Waals surface area contributed by atoms with Crippen LogP contribution in [-0.4, -0.2) is 18.3 Å². The lowest BCUT2D eigenvalue weighted by Gasteiger charge is -2.01. The molecule has 1 rings (SSSR count). The van der Waals surface area contributed by atoms with Gasteiger partial charge in [0.25, 0.3) is 0 Å². The second kappa shape index (κ2) is 2.35. The number of hydrogen-bond acceptors (Lipinski definition) is 3. The van der Waals surface area contributed by atoms with E-state index in [1.807, 2.05) is 19.3 Å². The lowest BCUT2D eigenvalue weighted by Crippen LogP contribution is -2.02. The van der Waals surface area contributed by atoms with Crippen molar-refractivity contribution in [3.05, 3.63) is 24.0 Å². The summed E-state index contributed by atoms with van der Waals surface area (Å²) in [4.78, 5) is 0. The summed E-state index contributed by atoms with van der Waals surface area (Å²) < 4.78 is 0. The Labute approximate surface area is 54.1 Å². The average molecular weight is 123 g/mol. The molecule has 0 saturated heterocycles. The van der Waals surface area contributed by atoms with Crippen molar-refractivity contribution in [3.8, 4) is 0 Å². The second-order valence-corrected chi connectivity index (χ2v) is 1.83. The van der Waals surface area contributed by atoms with Gasteiger partial charge in [0.2, 0.25) is 0 Å². The van der Waals surface area contributed by atoms with Crippen LogP contribution in [0.2, 0.25) is 0 Å². The summed E-state index contributed by atoms with van der Waals surface area (Å²) in [6, 6.07) is 0. The first-order chi connectivity index (χ1) is 4.29. The van der Waals surface area contributed by atoms with Gasteiger partial charge < -0.3 is 5.73 Å². The molecule has 0 unspecified atom stereocenters. The van der Waals surface area contributed by atoms with Gasteiger partial charge >= 0.3 is 0 Å². The zero-order chi connectivity index (χ0) is 6.69. The van der Waals surface area contributed by atoms with Crippen molar-refractivity contribution in [2.24, 2.45) is 10.8 Å². The van der Waals surface area contributed by atoms with Crippen molar-refractivity contribution in [3.63, 3.8) is 0 Å². The van der Waals surface area contributed by atoms with Gasteiger partial charge in [-0.2, -0.15) is 5.10 Å². The normalized spacial score (nSPS) is 17.4. The fraction of sp³-hybridized carbons (Fsp3) is 0.167. The fourth-order valence-corrected chi connectivity index (χ4v) is 0.518. The molecule has 0 bridgehead atoms. The Morgan fingerprint density at radius 3 is 3.22 bits per heavy atom. The third-order valence-electron chi connectivity index (χ3n) is 0.979. The molecule has 2 N–H and O–H groups in total. The van der Waals surface area contributed by atoms with Gasteiger partial charge in [0.15, 0.2) is 0 Å². The summed E-state index contributed by atoms with van der Waals surface area (Å²) in [6.07, 6.45) is 7.09. The standard InChI is InChI=1S/C6H9N3/c1-9-4-2-3-6(7)5-8-9/h2-5H,7H2,1H3. The molecule has 9 heavy (non-hydrogen) atoms. The van der Waals surface area contributed by atoms with Gasteiger partial charge in [-0.25, -0.2) is 0 Å². The van der Waals surface area contributed by atoms with Crippen molar-refractivity contribution in [1.29, 1.82) is 0 Å². The summed E-state index contributed by atoms with van der Waals surface area (Å²) >= 11 is 0. The van der Waals surface area contributed by atoms with Gasteiger partial charge in [0.05, 0.1) is 11.9 Å². The maximum Gasteiger partial charge on any atom is 0.0703 e. The van der Waals surface area contributed by atoms with Gasteiger partial charge in [0, 0.05) is 13.2 Å². The number of hydrogen-bond donors (Lipinski definition) is 1. The molecule has 0 aliphatic carbocycles. The summed E-state index contributed by atoms with van der Waals surface area (Å²) in [5.74, 6) is 0. The predicted molar refractivity (Wildman–Crippen MR) is 37.7 cm³/mol. The molecule has 1 aliphatic rings. The van der Waals surface area contributed by atoms with Crippen LogP contribution < -0.4 is 5.73 Å². The van der Waals surface area contributed by atoms with Gasteiger partial charge in [-0.15, -0.1) is 0 Å². The molecule has 0 aromatic carbocycles. The first-order valence-corrected chi connectivity index (χ1v) is 2.70. The van der Waals surface area contributed by atoms with Gasteiger partial charge in [-0.3, -0.25) is 5.01 Å². The van der Waals surface area contributed by atoms with Crippen molar-refractivity contribution < 1.29 is 0 Å². The van der Waals surface area contributed by atoms with Gasteiger partial charge in [-0.1, -0.05) is 0 Å². The van der Waals surface area contributed by atoms with E-state index in [0.29, 0.717) is 5.70 Å². The molecule has 3 heteroatoms. The molecule has 0 spiro atoms. The Kier molecular flexibility index (Phi) is 1.53. The summed E-state index contributed by atoms with van der Waals surface area (Å²) in [5, 5.41) is 5.62. The van der Waals surface area contributed by atoms with Crippen molar-refractivity contribution in [2.75, 3.05) is 7.05 Å². The molecule has 0 aromatic rings. The van der Waals surface area contributed by atoms with E-state index in [4.69, 9.17) is 5.73 Å². The molecule has 0 fully saturated rings.